The predicted octanol–water partition coefficient (Wildman–Crippen LogP) is 4.13. The Morgan fingerprint density at radius 1 is 1.04 bits per heavy atom. The lowest BCUT2D eigenvalue weighted by Gasteiger charge is -2.35. The number of carbonyl (C=O) groups excluding carboxylic acids is 1. The first kappa shape index (κ1) is 18.5. The second kappa shape index (κ2) is 7.92. The summed E-state index contributed by atoms with van der Waals surface area (Å²) in [7, 11) is 0. The van der Waals surface area contributed by atoms with Gasteiger partial charge in [0.15, 0.2) is 0 Å². The zero-order valence-electron chi connectivity index (χ0n) is 16.0. The second-order valence-corrected chi connectivity index (χ2v) is 7.20. The summed E-state index contributed by atoms with van der Waals surface area (Å²) in [5.41, 5.74) is 4.23. The minimum Gasteiger partial charge on any atom is -0.489 e. The highest BCUT2D eigenvalue weighted by Crippen LogP contribution is 2.19. The highest BCUT2D eigenvalue weighted by atomic mass is 16.5. The Hall–Kier alpha value is -2.33. The summed E-state index contributed by atoms with van der Waals surface area (Å²) in [4.78, 5) is 14.6. The Morgan fingerprint density at radius 2 is 1.69 bits per heavy atom. The molecule has 138 valence electrons. The van der Waals surface area contributed by atoms with Gasteiger partial charge in [0, 0.05) is 18.7 Å². The maximum Gasteiger partial charge on any atom is 0.254 e. The summed E-state index contributed by atoms with van der Waals surface area (Å²) in [5.74, 6) is 0.929. The number of rotatable bonds is 4. The van der Waals surface area contributed by atoms with Crippen LogP contribution in [-0.4, -0.2) is 36.1 Å². The fourth-order valence-corrected chi connectivity index (χ4v) is 3.24. The number of amides is 1. The van der Waals surface area contributed by atoms with E-state index < -0.39 is 0 Å². The van der Waals surface area contributed by atoms with Gasteiger partial charge in [-0.15, -0.1) is 0 Å². The van der Waals surface area contributed by atoms with Gasteiger partial charge in [0.2, 0.25) is 0 Å². The molecule has 1 aliphatic rings. The molecule has 0 bridgehead atoms. The fourth-order valence-electron chi connectivity index (χ4n) is 3.24. The normalized spacial score (nSPS) is 20.1. The molecule has 2 aromatic rings. The molecule has 0 unspecified atom stereocenters. The lowest BCUT2D eigenvalue weighted by molar-refractivity contribution is -0.0586. The third-order valence-electron chi connectivity index (χ3n) is 4.79. The van der Waals surface area contributed by atoms with E-state index in [0.717, 1.165) is 11.3 Å². The Bertz CT molecular complexity index is 759. The van der Waals surface area contributed by atoms with Gasteiger partial charge < -0.3 is 14.4 Å². The van der Waals surface area contributed by atoms with E-state index in [1.165, 1.54) is 11.1 Å². The van der Waals surface area contributed by atoms with Gasteiger partial charge in [-0.3, -0.25) is 4.79 Å². The molecule has 1 saturated heterocycles. The van der Waals surface area contributed by atoms with E-state index in [9.17, 15) is 4.79 Å². The van der Waals surface area contributed by atoms with E-state index >= 15 is 0 Å². The topological polar surface area (TPSA) is 38.8 Å². The van der Waals surface area contributed by atoms with E-state index in [1.807, 2.05) is 55.1 Å². The first-order valence-electron chi connectivity index (χ1n) is 9.16. The molecule has 3 rings (SSSR count). The van der Waals surface area contributed by atoms with Crippen LogP contribution in [0.4, 0.5) is 0 Å². The molecule has 2 aromatic carbocycles. The van der Waals surface area contributed by atoms with Gasteiger partial charge in [0.1, 0.15) is 12.4 Å². The molecule has 1 fully saturated rings. The van der Waals surface area contributed by atoms with Gasteiger partial charge in [-0.25, -0.2) is 0 Å². The standard InChI is InChI=1S/C22H27NO3/c1-15-5-10-21(11-16(15)2)25-14-19-6-8-20(9-7-19)22(24)23-12-17(3)26-18(4)13-23/h5-11,17-18H,12-14H2,1-4H3/t17-,18+. The quantitative estimate of drug-likeness (QED) is 0.829. The van der Waals surface area contributed by atoms with Crippen molar-refractivity contribution in [2.24, 2.45) is 0 Å². The summed E-state index contributed by atoms with van der Waals surface area (Å²) in [6, 6.07) is 13.8. The Balaban J connectivity index is 1.61. The van der Waals surface area contributed by atoms with Crippen molar-refractivity contribution in [2.45, 2.75) is 46.5 Å². The molecular weight excluding hydrogens is 326 g/mol. The molecule has 0 aromatic heterocycles. The van der Waals surface area contributed by atoms with E-state index in [1.54, 1.807) is 0 Å². The van der Waals surface area contributed by atoms with Crippen molar-refractivity contribution >= 4 is 5.91 Å². The number of ether oxygens (including phenoxy) is 2. The van der Waals surface area contributed by atoms with Gasteiger partial charge in [-0.05, 0) is 68.7 Å². The van der Waals surface area contributed by atoms with Gasteiger partial charge in [-0.2, -0.15) is 0 Å². The minimum absolute atomic E-state index is 0.0635. The largest absolute Gasteiger partial charge is 0.489 e. The molecule has 4 nitrogen and oxygen atoms in total. The first-order chi connectivity index (χ1) is 12.4. The van der Waals surface area contributed by atoms with Crippen LogP contribution in [0.1, 0.15) is 40.9 Å². The molecule has 1 amide bonds. The summed E-state index contributed by atoms with van der Waals surface area (Å²) in [6.45, 7) is 9.94. The molecule has 0 saturated carbocycles. The molecule has 0 radical (unpaired) electrons. The number of nitrogens with zero attached hydrogens (tertiary/aromatic N) is 1. The van der Waals surface area contributed by atoms with Crippen LogP contribution in [0.5, 0.6) is 5.75 Å². The minimum atomic E-state index is 0.0635. The summed E-state index contributed by atoms with van der Waals surface area (Å²) in [5, 5.41) is 0. The number of benzene rings is 2. The average molecular weight is 353 g/mol. The van der Waals surface area contributed by atoms with E-state index in [-0.39, 0.29) is 18.1 Å². The molecule has 0 aliphatic carbocycles. The van der Waals surface area contributed by atoms with Crippen LogP contribution in [0, 0.1) is 13.8 Å². The number of aryl methyl sites for hydroxylation is 2. The number of hydrogen-bond acceptors (Lipinski definition) is 3. The summed E-state index contributed by atoms with van der Waals surface area (Å²) < 4.78 is 11.6. The van der Waals surface area contributed by atoms with Gasteiger partial charge in [0.25, 0.3) is 5.91 Å². The molecule has 4 heteroatoms. The maximum atomic E-state index is 12.7. The van der Waals surface area contributed by atoms with Crippen molar-refractivity contribution in [3.8, 4) is 5.75 Å². The highest BCUT2D eigenvalue weighted by molar-refractivity contribution is 5.94. The predicted molar refractivity (Wildman–Crippen MR) is 103 cm³/mol. The number of carbonyl (C=O) groups is 1. The van der Waals surface area contributed by atoms with Crippen LogP contribution < -0.4 is 4.74 Å². The average Bonchev–Trinajstić information content (AvgIpc) is 2.62. The van der Waals surface area contributed by atoms with Gasteiger partial charge in [-0.1, -0.05) is 18.2 Å². The zero-order chi connectivity index (χ0) is 18.7. The van der Waals surface area contributed by atoms with Crippen molar-refractivity contribution in [3.05, 3.63) is 64.7 Å². The van der Waals surface area contributed by atoms with Crippen LogP contribution >= 0.6 is 0 Å². The third-order valence-corrected chi connectivity index (χ3v) is 4.79. The molecule has 0 spiro atoms. The monoisotopic (exact) mass is 353 g/mol. The van der Waals surface area contributed by atoms with Crippen molar-refractivity contribution in [1.29, 1.82) is 0 Å². The molecule has 1 heterocycles. The van der Waals surface area contributed by atoms with Gasteiger partial charge in [0.05, 0.1) is 12.2 Å². The van der Waals surface area contributed by atoms with E-state index in [2.05, 4.69) is 19.9 Å². The van der Waals surface area contributed by atoms with Crippen LogP contribution in [0.25, 0.3) is 0 Å². The van der Waals surface area contributed by atoms with Crippen molar-refractivity contribution in [2.75, 3.05) is 13.1 Å². The van der Waals surface area contributed by atoms with Crippen LogP contribution in [0.3, 0.4) is 0 Å². The number of morpholine rings is 1. The summed E-state index contributed by atoms with van der Waals surface area (Å²) in [6.07, 6.45) is 0.154. The second-order valence-electron chi connectivity index (χ2n) is 7.20. The highest BCUT2D eigenvalue weighted by Gasteiger charge is 2.26. The molecule has 26 heavy (non-hydrogen) atoms. The Kier molecular flexibility index (Phi) is 5.62. The molecule has 2 atom stereocenters. The molecule has 0 N–H and O–H groups in total. The Labute approximate surface area is 155 Å². The zero-order valence-corrected chi connectivity index (χ0v) is 16.0. The van der Waals surface area contributed by atoms with E-state index in [0.29, 0.717) is 25.3 Å². The first-order valence-corrected chi connectivity index (χ1v) is 9.16. The van der Waals surface area contributed by atoms with Crippen LogP contribution in [0.2, 0.25) is 0 Å². The maximum absolute atomic E-state index is 12.7. The van der Waals surface area contributed by atoms with Crippen molar-refractivity contribution in [1.82, 2.24) is 4.90 Å². The van der Waals surface area contributed by atoms with Crippen molar-refractivity contribution < 1.29 is 14.3 Å². The Morgan fingerprint density at radius 3 is 2.31 bits per heavy atom. The lowest BCUT2D eigenvalue weighted by atomic mass is 10.1. The lowest BCUT2D eigenvalue weighted by Crippen LogP contribution is -2.48. The third kappa shape index (κ3) is 4.44. The smallest absolute Gasteiger partial charge is 0.254 e. The molecule has 1 aliphatic heterocycles. The number of hydrogen-bond donors (Lipinski definition) is 0. The van der Waals surface area contributed by atoms with Crippen molar-refractivity contribution in [3.63, 3.8) is 0 Å². The van der Waals surface area contributed by atoms with Gasteiger partial charge >= 0.3 is 0 Å². The summed E-state index contributed by atoms with van der Waals surface area (Å²) >= 11 is 0. The SMILES string of the molecule is Cc1ccc(OCc2ccc(C(=O)N3C[C@@H](C)O[C@@H](C)C3)cc2)cc1C. The fraction of sp³-hybridized carbons (Fsp3) is 0.409. The van der Waals surface area contributed by atoms with Crippen LogP contribution in [0.15, 0.2) is 42.5 Å². The van der Waals surface area contributed by atoms with E-state index in [4.69, 9.17) is 9.47 Å². The molecular formula is C22H27NO3. The van der Waals surface area contributed by atoms with Crippen LogP contribution in [-0.2, 0) is 11.3 Å².